The molecule has 0 bridgehead atoms. The number of pyridine rings is 1. The summed E-state index contributed by atoms with van der Waals surface area (Å²) in [6.45, 7) is 6.03. The molecule has 0 radical (unpaired) electrons. The smallest absolute Gasteiger partial charge is 0.0722 e. The minimum absolute atomic E-state index is 0.246. The highest BCUT2D eigenvalue weighted by molar-refractivity contribution is 9.10. The summed E-state index contributed by atoms with van der Waals surface area (Å²) < 4.78 is 1.06. The van der Waals surface area contributed by atoms with Gasteiger partial charge in [-0.15, -0.1) is 6.58 Å². The van der Waals surface area contributed by atoms with E-state index in [1.165, 1.54) is 5.57 Å². The Kier molecular flexibility index (Phi) is 4.72. The molecule has 1 heterocycles. The molecule has 0 saturated heterocycles. The first-order valence-electron chi connectivity index (χ1n) is 6.48. The Labute approximate surface area is 123 Å². The quantitative estimate of drug-likeness (QED) is 0.814. The zero-order valence-electron chi connectivity index (χ0n) is 11.4. The van der Waals surface area contributed by atoms with E-state index in [2.05, 4.69) is 52.9 Å². The van der Waals surface area contributed by atoms with Crippen LogP contribution >= 0.6 is 15.9 Å². The van der Waals surface area contributed by atoms with Gasteiger partial charge in [0.25, 0.3) is 0 Å². The average Bonchev–Trinajstić information content (AvgIpc) is 2.39. The number of hydrogen-bond donors (Lipinski definition) is 1. The van der Waals surface area contributed by atoms with Crippen molar-refractivity contribution in [3.63, 3.8) is 0 Å². The van der Waals surface area contributed by atoms with Crippen molar-refractivity contribution in [3.8, 4) is 0 Å². The number of nitrogens with zero attached hydrogens (tertiary/aromatic N) is 1. The summed E-state index contributed by atoms with van der Waals surface area (Å²) in [5.41, 5.74) is 3.32. The third kappa shape index (κ3) is 3.43. The molecule has 1 unspecified atom stereocenters. The van der Waals surface area contributed by atoms with Crippen LogP contribution in [0.5, 0.6) is 0 Å². The Hall–Kier alpha value is -1.19. The Morgan fingerprint density at radius 1 is 1.42 bits per heavy atom. The molecule has 19 heavy (non-hydrogen) atoms. The third-order valence-electron chi connectivity index (χ3n) is 3.24. The van der Waals surface area contributed by atoms with Gasteiger partial charge < -0.3 is 5.32 Å². The maximum atomic E-state index is 4.78. The van der Waals surface area contributed by atoms with E-state index in [1.807, 2.05) is 19.2 Å². The van der Waals surface area contributed by atoms with Gasteiger partial charge in [0.05, 0.1) is 17.3 Å². The van der Waals surface area contributed by atoms with Crippen molar-refractivity contribution >= 4 is 26.8 Å². The molecule has 1 atom stereocenters. The molecule has 2 aromatic rings. The van der Waals surface area contributed by atoms with Gasteiger partial charge in [0.2, 0.25) is 0 Å². The Balaban J connectivity index is 2.36. The normalized spacial score (nSPS) is 12.6. The molecule has 0 amide bonds. The lowest BCUT2D eigenvalue weighted by Gasteiger charge is -2.18. The lowest BCUT2D eigenvalue weighted by Crippen LogP contribution is -2.18. The largest absolute Gasteiger partial charge is 0.312 e. The van der Waals surface area contributed by atoms with E-state index in [0.29, 0.717) is 0 Å². The van der Waals surface area contributed by atoms with Gasteiger partial charge in [-0.2, -0.15) is 0 Å². The van der Waals surface area contributed by atoms with Crippen LogP contribution in [0, 0.1) is 0 Å². The van der Waals surface area contributed by atoms with Crippen LogP contribution in [0.15, 0.2) is 47.0 Å². The van der Waals surface area contributed by atoms with E-state index < -0.39 is 0 Å². The van der Waals surface area contributed by atoms with Crippen molar-refractivity contribution in [2.24, 2.45) is 0 Å². The van der Waals surface area contributed by atoms with Gasteiger partial charge >= 0.3 is 0 Å². The van der Waals surface area contributed by atoms with E-state index >= 15 is 0 Å². The predicted octanol–water partition coefficient (Wildman–Crippen LogP) is 4.61. The standard InChI is InChI=1S/C16H19BrN2/c1-11(2)8-9-15(18-3)16-13(17)10-12-6-4-5-7-14(12)19-16/h4-7,10,15,18H,1,8-9H2,2-3H3. The summed E-state index contributed by atoms with van der Waals surface area (Å²) in [4.78, 5) is 4.78. The molecular formula is C16H19BrN2. The van der Waals surface area contributed by atoms with E-state index in [0.717, 1.165) is 33.9 Å². The molecule has 0 spiro atoms. The molecule has 100 valence electrons. The minimum atomic E-state index is 0.246. The highest BCUT2D eigenvalue weighted by Crippen LogP contribution is 2.28. The van der Waals surface area contributed by atoms with Crippen LogP contribution in [-0.4, -0.2) is 12.0 Å². The minimum Gasteiger partial charge on any atom is -0.312 e. The molecule has 0 fully saturated rings. The van der Waals surface area contributed by atoms with E-state index in [9.17, 15) is 0 Å². The maximum Gasteiger partial charge on any atom is 0.0722 e. The first-order valence-corrected chi connectivity index (χ1v) is 7.28. The van der Waals surface area contributed by atoms with E-state index in [-0.39, 0.29) is 6.04 Å². The molecule has 1 aromatic carbocycles. The Morgan fingerprint density at radius 3 is 2.84 bits per heavy atom. The Morgan fingerprint density at radius 2 is 2.16 bits per heavy atom. The van der Waals surface area contributed by atoms with Crippen molar-refractivity contribution in [2.45, 2.75) is 25.8 Å². The number of fused-ring (bicyclic) bond motifs is 1. The lowest BCUT2D eigenvalue weighted by molar-refractivity contribution is 0.534. The van der Waals surface area contributed by atoms with Crippen LogP contribution in [0.25, 0.3) is 10.9 Å². The summed E-state index contributed by atoms with van der Waals surface area (Å²) in [5.74, 6) is 0. The van der Waals surface area contributed by atoms with Crippen molar-refractivity contribution in [2.75, 3.05) is 7.05 Å². The number of allylic oxidation sites excluding steroid dienone is 1. The lowest BCUT2D eigenvalue weighted by atomic mass is 10.0. The zero-order valence-corrected chi connectivity index (χ0v) is 13.0. The number of rotatable bonds is 5. The number of hydrogen-bond acceptors (Lipinski definition) is 2. The monoisotopic (exact) mass is 318 g/mol. The van der Waals surface area contributed by atoms with Crippen molar-refractivity contribution in [1.29, 1.82) is 0 Å². The third-order valence-corrected chi connectivity index (χ3v) is 3.88. The molecule has 1 aromatic heterocycles. The van der Waals surface area contributed by atoms with Crippen molar-refractivity contribution in [1.82, 2.24) is 10.3 Å². The summed E-state index contributed by atoms with van der Waals surface area (Å²) in [6.07, 6.45) is 2.02. The molecule has 0 aliphatic carbocycles. The topological polar surface area (TPSA) is 24.9 Å². The summed E-state index contributed by atoms with van der Waals surface area (Å²) in [5, 5.41) is 4.51. The second-order valence-corrected chi connectivity index (χ2v) is 5.74. The molecule has 1 N–H and O–H groups in total. The van der Waals surface area contributed by atoms with Gasteiger partial charge in [-0.1, -0.05) is 23.8 Å². The first-order chi connectivity index (χ1) is 9.11. The number of aromatic nitrogens is 1. The molecule has 0 aliphatic heterocycles. The number of halogens is 1. The van der Waals surface area contributed by atoms with Crippen LogP contribution in [0.3, 0.4) is 0 Å². The Bertz CT molecular complexity index is 592. The molecule has 3 heteroatoms. The van der Waals surface area contributed by atoms with Crippen LogP contribution < -0.4 is 5.32 Å². The van der Waals surface area contributed by atoms with E-state index in [1.54, 1.807) is 0 Å². The van der Waals surface area contributed by atoms with Crippen molar-refractivity contribution < 1.29 is 0 Å². The van der Waals surface area contributed by atoms with Gasteiger partial charge in [-0.25, -0.2) is 4.98 Å². The molecule has 0 saturated carbocycles. The highest BCUT2D eigenvalue weighted by atomic mass is 79.9. The van der Waals surface area contributed by atoms with Gasteiger partial charge in [-0.05, 0) is 54.9 Å². The van der Waals surface area contributed by atoms with Crippen LogP contribution in [0.4, 0.5) is 0 Å². The fourth-order valence-corrected chi connectivity index (χ4v) is 2.77. The van der Waals surface area contributed by atoms with Crippen LogP contribution in [-0.2, 0) is 0 Å². The second-order valence-electron chi connectivity index (χ2n) is 4.89. The van der Waals surface area contributed by atoms with Gasteiger partial charge in [0.15, 0.2) is 0 Å². The van der Waals surface area contributed by atoms with E-state index in [4.69, 9.17) is 4.98 Å². The number of nitrogens with one attached hydrogen (secondary N) is 1. The fraction of sp³-hybridized carbons (Fsp3) is 0.312. The summed E-state index contributed by atoms with van der Waals surface area (Å²) in [6, 6.07) is 10.6. The average molecular weight is 319 g/mol. The second kappa shape index (κ2) is 6.31. The first kappa shape index (κ1) is 14.2. The van der Waals surface area contributed by atoms with Crippen molar-refractivity contribution in [3.05, 3.63) is 52.7 Å². The van der Waals surface area contributed by atoms with Gasteiger partial charge in [0, 0.05) is 9.86 Å². The molecule has 0 aliphatic rings. The summed E-state index contributed by atoms with van der Waals surface area (Å²) in [7, 11) is 1.98. The van der Waals surface area contributed by atoms with Gasteiger partial charge in [0.1, 0.15) is 0 Å². The number of para-hydroxylation sites is 1. The molecule has 2 nitrogen and oxygen atoms in total. The van der Waals surface area contributed by atoms with Crippen LogP contribution in [0.1, 0.15) is 31.5 Å². The maximum absolute atomic E-state index is 4.78. The predicted molar refractivity (Wildman–Crippen MR) is 85.3 cm³/mol. The number of benzene rings is 1. The molecule has 2 rings (SSSR count). The highest BCUT2D eigenvalue weighted by Gasteiger charge is 2.15. The van der Waals surface area contributed by atoms with Crippen LogP contribution in [0.2, 0.25) is 0 Å². The van der Waals surface area contributed by atoms with Gasteiger partial charge in [-0.3, -0.25) is 0 Å². The molecular weight excluding hydrogens is 300 g/mol. The fourth-order valence-electron chi connectivity index (χ4n) is 2.16. The zero-order chi connectivity index (χ0) is 13.8. The SMILES string of the molecule is C=C(C)CCC(NC)c1nc2ccccc2cc1Br. The summed E-state index contributed by atoms with van der Waals surface area (Å²) >= 11 is 3.64.